The van der Waals surface area contributed by atoms with Gasteiger partial charge in [-0.2, -0.15) is 0 Å². The Morgan fingerprint density at radius 1 is 1.32 bits per heavy atom. The number of esters is 1. The third-order valence-electron chi connectivity index (χ3n) is 3.56. The highest BCUT2D eigenvalue weighted by Gasteiger charge is 2.18. The highest BCUT2D eigenvalue weighted by molar-refractivity contribution is 6.30. The van der Waals surface area contributed by atoms with Crippen LogP contribution >= 0.6 is 11.6 Å². The summed E-state index contributed by atoms with van der Waals surface area (Å²) in [5, 5.41) is 3.83. The summed E-state index contributed by atoms with van der Waals surface area (Å²) >= 11 is 5.79. The van der Waals surface area contributed by atoms with E-state index in [9.17, 15) is 9.18 Å². The molecule has 7 heteroatoms. The van der Waals surface area contributed by atoms with Gasteiger partial charge in [-0.05, 0) is 44.2 Å². The number of anilines is 2. The van der Waals surface area contributed by atoms with Crippen molar-refractivity contribution in [1.29, 1.82) is 0 Å². The van der Waals surface area contributed by atoms with Crippen molar-refractivity contribution in [2.45, 2.75) is 13.8 Å². The summed E-state index contributed by atoms with van der Waals surface area (Å²) in [5.41, 5.74) is 2.01. The van der Waals surface area contributed by atoms with Crippen molar-refractivity contribution in [2.75, 3.05) is 11.9 Å². The van der Waals surface area contributed by atoms with Crippen LogP contribution in [0.15, 0.2) is 36.5 Å². The van der Waals surface area contributed by atoms with Gasteiger partial charge in [0, 0.05) is 22.3 Å². The molecule has 3 aromatic rings. The molecule has 0 fully saturated rings. The van der Waals surface area contributed by atoms with Crippen LogP contribution in [0.4, 0.5) is 15.8 Å². The number of hydrogen-bond acceptors (Lipinski definition) is 5. The van der Waals surface area contributed by atoms with Crippen LogP contribution in [0.1, 0.15) is 23.0 Å². The van der Waals surface area contributed by atoms with E-state index in [1.54, 1.807) is 25.1 Å². The molecule has 25 heavy (non-hydrogen) atoms. The Hall–Kier alpha value is -2.73. The van der Waals surface area contributed by atoms with Crippen LogP contribution in [0, 0.1) is 12.7 Å². The lowest BCUT2D eigenvalue weighted by molar-refractivity contribution is 0.0527. The number of carbonyl (C=O) groups excluding carboxylic acids is 1. The van der Waals surface area contributed by atoms with Crippen LogP contribution in [-0.4, -0.2) is 22.5 Å². The quantitative estimate of drug-likeness (QED) is 0.687. The lowest BCUT2D eigenvalue weighted by Gasteiger charge is -2.14. The summed E-state index contributed by atoms with van der Waals surface area (Å²) in [5.74, 6) is -1.08. The van der Waals surface area contributed by atoms with E-state index in [1.807, 2.05) is 6.92 Å². The summed E-state index contributed by atoms with van der Waals surface area (Å²) in [7, 11) is 0. The van der Waals surface area contributed by atoms with Gasteiger partial charge in [0.05, 0.1) is 18.0 Å². The van der Waals surface area contributed by atoms with Crippen molar-refractivity contribution in [2.24, 2.45) is 0 Å². The molecule has 2 heterocycles. The van der Waals surface area contributed by atoms with E-state index in [1.165, 1.54) is 18.3 Å². The van der Waals surface area contributed by atoms with Gasteiger partial charge in [-0.25, -0.2) is 19.2 Å². The third-order valence-corrected chi connectivity index (χ3v) is 3.79. The number of pyridine rings is 2. The second-order valence-electron chi connectivity index (χ2n) is 5.34. The Labute approximate surface area is 148 Å². The van der Waals surface area contributed by atoms with Crippen molar-refractivity contribution < 1.29 is 13.9 Å². The molecule has 0 unspecified atom stereocenters. The van der Waals surface area contributed by atoms with Crippen molar-refractivity contribution in [1.82, 2.24) is 9.97 Å². The van der Waals surface area contributed by atoms with Gasteiger partial charge in [0.1, 0.15) is 11.4 Å². The molecule has 0 amide bonds. The first-order chi connectivity index (χ1) is 12.0. The number of aryl methyl sites for hydroxylation is 1. The number of fused-ring (bicyclic) bond motifs is 1. The zero-order valence-electron chi connectivity index (χ0n) is 13.6. The van der Waals surface area contributed by atoms with Crippen molar-refractivity contribution >= 4 is 40.0 Å². The smallest absolute Gasteiger partial charge is 0.341 e. The molecule has 1 aromatic carbocycles. The first kappa shape index (κ1) is 17.1. The molecule has 0 aliphatic carbocycles. The number of aromatic nitrogens is 2. The highest BCUT2D eigenvalue weighted by Crippen LogP contribution is 2.31. The monoisotopic (exact) mass is 359 g/mol. The average molecular weight is 360 g/mol. The SMILES string of the molecule is CCOC(=O)c1cnc2nc(C)ccc2c1Nc1ccc(Cl)cc1F. The van der Waals surface area contributed by atoms with E-state index in [-0.39, 0.29) is 22.9 Å². The molecule has 0 atom stereocenters. The molecule has 1 N–H and O–H groups in total. The second kappa shape index (κ2) is 7.03. The Balaban J connectivity index is 2.17. The molecule has 2 aromatic heterocycles. The summed E-state index contributed by atoms with van der Waals surface area (Å²) < 4.78 is 19.3. The van der Waals surface area contributed by atoms with Crippen LogP contribution in [0.3, 0.4) is 0 Å². The molecular formula is C18H15ClFN3O2. The van der Waals surface area contributed by atoms with Crippen LogP contribution in [0.2, 0.25) is 5.02 Å². The van der Waals surface area contributed by atoms with Gasteiger partial charge in [0.25, 0.3) is 0 Å². The Kier molecular flexibility index (Phi) is 4.81. The summed E-state index contributed by atoms with van der Waals surface area (Å²) in [6.07, 6.45) is 1.38. The summed E-state index contributed by atoms with van der Waals surface area (Å²) in [6, 6.07) is 7.83. The van der Waals surface area contributed by atoms with Crippen molar-refractivity contribution in [3.8, 4) is 0 Å². The van der Waals surface area contributed by atoms with Gasteiger partial charge in [-0.3, -0.25) is 0 Å². The maximum Gasteiger partial charge on any atom is 0.341 e. The van der Waals surface area contributed by atoms with Crippen LogP contribution in [0.25, 0.3) is 11.0 Å². The first-order valence-electron chi connectivity index (χ1n) is 7.65. The second-order valence-corrected chi connectivity index (χ2v) is 5.78. The van der Waals surface area contributed by atoms with Gasteiger partial charge in [-0.15, -0.1) is 0 Å². The zero-order valence-corrected chi connectivity index (χ0v) is 14.4. The molecule has 0 spiro atoms. The third kappa shape index (κ3) is 3.53. The molecule has 0 radical (unpaired) electrons. The Bertz CT molecular complexity index is 962. The Morgan fingerprint density at radius 2 is 2.12 bits per heavy atom. The Morgan fingerprint density at radius 3 is 2.84 bits per heavy atom. The molecule has 0 aliphatic heterocycles. The summed E-state index contributed by atoms with van der Waals surface area (Å²) in [6.45, 7) is 3.77. The minimum Gasteiger partial charge on any atom is -0.462 e. The minimum absolute atomic E-state index is 0.183. The largest absolute Gasteiger partial charge is 0.462 e. The highest BCUT2D eigenvalue weighted by atomic mass is 35.5. The van der Waals surface area contributed by atoms with Gasteiger partial charge >= 0.3 is 5.97 Å². The minimum atomic E-state index is -0.547. The van der Waals surface area contributed by atoms with Crippen LogP contribution in [-0.2, 0) is 4.74 Å². The molecule has 3 rings (SSSR count). The fraction of sp³-hybridized carbons (Fsp3) is 0.167. The topological polar surface area (TPSA) is 64.1 Å². The van der Waals surface area contributed by atoms with Gasteiger partial charge < -0.3 is 10.1 Å². The number of halogens is 2. The maximum atomic E-state index is 14.2. The van der Waals surface area contributed by atoms with Crippen molar-refractivity contribution in [3.05, 3.63) is 58.6 Å². The van der Waals surface area contributed by atoms with Gasteiger partial charge in [0.15, 0.2) is 5.65 Å². The van der Waals surface area contributed by atoms with E-state index >= 15 is 0 Å². The number of hydrogen-bond donors (Lipinski definition) is 1. The normalized spacial score (nSPS) is 10.7. The van der Waals surface area contributed by atoms with Crippen LogP contribution in [0.5, 0.6) is 0 Å². The number of carbonyl (C=O) groups is 1. The average Bonchev–Trinajstić information content (AvgIpc) is 2.57. The molecular weight excluding hydrogens is 345 g/mol. The number of nitrogens with zero attached hydrogens (tertiary/aromatic N) is 2. The molecule has 0 aliphatic rings. The van der Waals surface area contributed by atoms with E-state index in [0.29, 0.717) is 16.7 Å². The van der Waals surface area contributed by atoms with E-state index < -0.39 is 11.8 Å². The van der Waals surface area contributed by atoms with E-state index in [4.69, 9.17) is 16.3 Å². The molecule has 128 valence electrons. The predicted octanol–water partition coefficient (Wildman–Crippen LogP) is 4.65. The standard InChI is InChI=1S/C18H15ClFN3O2/c1-3-25-18(24)13-9-21-17-12(6-4-10(2)22-17)16(13)23-15-7-5-11(19)8-14(15)20/h4-9H,3H2,1-2H3,(H,21,22,23). The summed E-state index contributed by atoms with van der Waals surface area (Å²) in [4.78, 5) is 20.8. The molecule has 0 bridgehead atoms. The van der Waals surface area contributed by atoms with Crippen LogP contribution < -0.4 is 5.32 Å². The fourth-order valence-electron chi connectivity index (χ4n) is 2.40. The molecule has 0 saturated carbocycles. The molecule has 5 nitrogen and oxygen atoms in total. The molecule has 0 saturated heterocycles. The maximum absolute atomic E-state index is 14.2. The number of nitrogens with one attached hydrogen (secondary N) is 1. The number of ether oxygens (including phenoxy) is 1. The van der Waals surface area contributed by atoms with E-state index in [0.717, 1.165) is 5.69 Å². The van der Waals surface area contributed by atoms with E-state index in [2.05, 4.69) is 15.3 Å². The lowest BCUT2D eigenvalue weighted by atomic mass is 10.1. The number of rotatable bonds is 4. The van der Waals surface area contributed by atoms with Gasteiger partial charge in [-0.1, -0.05) is 11.6 Å². The first-order valence-corrected chi connectivity index (χ1v) is 8.03. The fourth-order valence-corrected chi connectivity index (χ4v) is 2.55. The number of benzene rings is 1. The van der Waals surface area contributed by atoms with Gasteiger partial charge in [0.2, 0.25) is 0 Å². The van der Waals surface area contributed by atoms with Crippen molar-refractivity contribution in [3.63, 3.8) is 0 Å². The predicted molar refractivity (Wildman–Crippen MR) is 94.9 cm³/mol. The zero-order chi connectivity index (χ0) is 18.0. The lowest BCUT2D eigenvalue weighted by Crippen LogP contribution is -2.10.